The van der Waals surface area contributed by atoms with Gasteiger partial charge < -0.3 is 4.57 Å². The number of hydrogen-bond acceptors (Lipinski definition) is 3. The Kier molecular flexibility index (Phi) is 4.74. The Morgan fingerprint density at radius 2 is 2.00 bits per heavy atom. The molecular weight excluding hydrogens is 276 g/mol. The minimum atomic E-state index is -3.35. The topological polar surface area (TPSA) is 76.0 Å². The third-order valence-electron chi connectivity index (χ3n) is 3.03. The van der Waals surface area contributed by atoms with E-state index in [0.29, 0.717) is 19.5 Å². The number of nitrogens with one attached hydrogen (secondary N) is 2. The molecule has 7 heteroatoms. The molecule has 20 heavy (non-hydrogen) atoms. The summed E-state index contributed by atoms with van der Waals surface area (Å²) in [6.07, 6.45) is 0.714. The summed E-state index contributed by atoms with van der Waals surface area (Å²) < 4.78 is 29.9. The molecule has 0 amide bonds. The maximum atomic E-state index is 11.4. The number of benzene rings is 1. The van der Waals surface area contributed by atoms with Crippen molar-refractivity contribution in [3.05, 3.63) is 30.1 Å². The monoisotopic (exact) mass is 296 g/mol. The van der Waals surface area contributed by atoms with E-state index < -0.39 is 10.2 Å². The van der Waals surface area contributed by atoms with Gasteiger partial charge in [-0.3, -0.25) is 0 Å². The van der Waals surface area contributed by atoms with Gasteiger partial charge in [0.25, 0.3) is 10.2 Å². The maximum absolute atomic E-state index is 11.4. The number of aromatic nitrogens is 2. The lowest BCUT2D eigenvalue weighted by molar-refractivity contribution is 0.559. The van der Waals surface area contributed by atoms with Crippen LogP contribution in [0.15, 0.2) is 24.3 Å². The largest absolute Gasteiger partial charge is 0.328 e. The molecule has 1 aromatic carbocycles. The van der Waals surface area contributed by atoms with Crippen molar-refractivity contribution in [1.29, 1.82) is 0 Å². The fourth-order valence-electron chi connectivity index (χ4n) is 2.16. The van der Waals surface area contributed by atoms with Crippen molar-refractivity contribution < 1.29 is 8.42 Å². The van der Waals surface area contributed by atoms with E-state index in [0.717, 1.165) is 23.4 Å². The number of aryl methyl sites for hydroxylation is 2. The van der Waals surface area contributed by atoms with Crippen LogP contribution in [0.3, 0.4) is 0 Å². The predicted molar refractivity (Wildman–Crippen MR) is 79.7 cm³/mol. The lowest BCUT2D eigenvalue weighted by Gasteiger charge is -2.08. The van der Waals surface area contributed by atoms with E-state index in [-0.39, 0.29) is 0 Å². The standard InChI is InChI=1S/C13H20N4O2S/c1-3-14-20(18,19)15-9-6-10-17-11(2)16-12-7-4-5-8-13(12)17/h4-5,7-8,14-15H,3,6,9-10H2,1-2H3. The number of fused-ring (bicyclic) bond motifs is 1. The minimum Gasteiger partial charge on any atom is -0.328 e. The first-order chi connectivity index (χ1) is 9.53. The van der Waals surface area contributed by atoms with Crippen LogP contribution in [0.2, 0.25) is 0 Å². The number of para-hydroxylation sites is 2. The van der Waals surface area contributed by atoms with Crippen molar-refractivity contribution in [1.82, 2.24) is 19.0 Å². The average Bonchev–Trinajstić information content (AvgIpc) is 2.70. The third-order valence-corrected chi connectivity index (χ3v) is 4.28. The highest BCUT2D eigenvalue weighted by molar-refractivity contribution is 7.87. The third kappa shape index (κ3) is 3.56. The van der Waals surface area contributed by atoms with Crippen molar-refractivity contribution in [3.63, 3.8) is 0 Å². The quantitative estimate of drug-likeness (QED) is 0.753. The molecule has 1 heterocycles. The van der Waals surface area contributed by atoms with E-state index in [9.17, 15) is 8.42 Å². The van der Waals surface area contributed by atoms with E-state index in [1.54, 1.807) is 6.92 Å². The summed E-state index contributed by atoms with van der Waals surface area (Å²) in [5, 5.41) is 0. The van der Waals surface area contributed by atoms with Crippen LogP contribution < -0.4 is 9.44 Å². The molecule has 2 rings (SSSR count). The van der Waals surface area contributed by atoms with Gasteiger partial charge in [-0.2, -0.15) is 8.42 Å². The number of hydrogen-bond donors (Lipinski definition) is 2. The van der Waals surface area contributed by atoms with E-state index in [2.05, 4.69) is 19.0 Å². The molecule has 6 nitrogen and oxygen atoms in total. The molecule has 0 radical (unpaired) electrons. The second-order valence-electron chi connectivity index (χ2n) is 4.55. The highest BCUT2D eigenvalue weighted by Crippen LogP contribution is 2.15. The summed E-state index contributed by atoms with van der Waals surface area (Å²) in [5.74, 6) is 0.945. The van der Waals surface area contributed by atoms with Gasteiger partial charge in [-0.1, -0.05) is 19.1 Å². The summed E-state index contributed by atoms with van der Waals surface area (Å²) in [4.78, 5) is 4.48. The van der Waals surface area contributed by atoms with Crippen LogP contribution in [-0.2, 0) is 16.8 Å². The van der Waals surface area contributed by atoms with Crippen molar-refractivity contribution in [2.24, 2.45) is 0 Å². The molecule has 0 saturated heterocycles. The molecule has 0 spiro atoms. The van der Waals surface area contributed by atoms with Crippen LogP contribution in [0.5, 0.6) is 0 Å². The average molecular weight is 296 g/mol. The Balaban J connectivity index is 1.95. The van der Waals surface area contributed by atoms with Crippen LogP contribution in [0.4, 0.5) is 0 Å². The first-order valence-electron chi connectivity index (χ1n) is 6.69. The predicted octanol–water partition coefficient (Wildman–Crippen LogP) is 1.18. The highest BCUT2D eigenvalue weighted by Gasteiger charge is 2.08. The Bertz CT molecular complexity index is 679. The second-order valence-corrected chi connectivity index (χ2v) is 6.13. The molecule has 0 aliphatic heterocycles. The molecule has 0 aliphatic rings. The van der Waals surface area contributed by atoms with E-state index >= 15 is 0 Å². The zero-order valence-electron chi connectivity index (χ0n) is 11.8. The Morgan fingerprint density at radius 3 is 2.75 bits per heavy atom. The maximum Gasteiger partial charge on any atom is 0.276 e. The molecule has 110 valence electrons. The molecule has 2 N–H and O–H groups in total. The normalized spacial score (nSPS) is 12.1. The van der Waals surface area contributed by atoms with Crippen LogP contribution in [-0.4, -0.2) is 31.1 Å². The van der Waals surface area contributed by atoms with Crippen molar-refractivity contribution in [3.8, 4) is 0 Å². The van der Waals surface area contributed by atoms with Gasteiger partial charge in [0, 0.05) is 19.6 Å². The summed E-state index contributed by atoms with van der Waals surface area (Å²) >= 11 is 0. The number of nitrogens with zero attached hydrogens (tertiary/aromatic N) is 2. The summed E-state index contributed by atoms with van der Waals surface area (Å²) in [7, 11) is -3.35. The lowest BCUT2D eigenvalue weighted by atomic mass is 10.3. The molecule has 0 unspecified atom stereocenters. The van der Waals surface area contributed by atoms with Crippen molar-refractivity contribution in [2.75, 3.05) is 13.1 Å². The zero-order valence-corrected chi connectivity index (χ0v) is 12.6. The molecule has 1 aromatic heterocycles. The van der Waals surface area contributed by atoms with E-state index in [1.807, 2.05) is 31.2 Å². The van der Waals surface area contributed by atoms with Crippen LogP contribution in [0.1, 0.15) is 19.2 Å². The van der Waals surface area contributed by atoms with Gasteiger partial charge in [0.2, 0.25) is 0 Å². The summed E-state index contributed by atoms with van der Waals surface area (Å²) in [6.45, 7) is 5.24. The van der Waals surface area contributed by atoms with Gasteiger partial charge in [0.05, 0.1) is 11.0 Å². The van der Waals surface area contributed by atoms with Crippen LogP contribution >= 0.6 is 0 Å². The first-order valence-corrected chi connectivity index (χ1v) is 8.18. The summed E-state index contributed by atoms with van der Waals surface area (Å²) in [5.41, 5.74) is 2.05. The molecule has 0 atom stereocenters. The van der Waals surface area contributed by atoms with Crippen molar-refractivity contribution >= 4 is 21.2 Å². The second kappa shape index (κ2) is 6.34. The number of rotatable bonds is 7. The zero-order chi connectivity index (χ0) is 14.6. The fourth-order valence-corrected chi connectivity index (χ4v) is 3.06. The first kappa shape index (κ1) is 15.0. The molecule has 0 fully saturated rings. The van der Waals surface area contributed by atoms with Gasteiger partial charge in [0.15, 0.2) is 0 Å². The molecule has 0 bridgehead atoms. The van der Waals surface area contributed by atoms with Gasteiger partial charge in [0.1, 0.15) is 5.82 Å². The van der Waals surface area contributed by atoms with E-state index in [4.69, 9.17) is 0 Å². The Morgan fingerprint density at radius 1 is 1.25 bits per heavy atom. The van der Waals surface area contributed by atoms with Gasteiger partial charge in [-0.05, 0) is 25.5 Å². The van der Waals surface area contributed by atoms with Gasteiger partial charge in [-0.15, -0.1) is 0 Å². The highest BCUT2D eigenvalue weighted by atomic mass is 32.2. The fraction of sp³-hybridized carbons (Fsp3) is 0.462. The molecule has 2 aromatic rings. The van der Waals surface area contributed by atoms with Crippen LogP contribution in [0.25, 0.3) is 11.0 Å². The SMILES string of the molecule is CCNS(=O)(=O)NCCCn1c(C)nc2ccccc21. The van der Waals surface area contributed by atoms with Crippen molar-refractivity contribution in [2.45, 2.75) is 26.8 Å². The lowest BCUT2D eigenvalue weighted by Crippen LogP contribution is -2.37. The Labute approximate surface area is 119 Å². The number of imidazole rings is 1. The molecule has 0 saturated carbocycles. The van der Waals surface area contributed by atoms with Gasteiger partial charge >= 0.3 is 0 Å². The summed E-state index contributed by atoms with van der Waals surface area (Å²) in [6, 6.07) is 7.95. The molecular formula is C13H20N4O2S. The van der Waals surface area contributed by atoms with Gasteiger partial charge in [-0.25, -0.2) is 14.4 Å². The molecule has 0 aliphatic carbocycles. The van der Waals surface area contributed by atoms with Crippen LogP contribution in [0, 0.1) is 6.92 Å². The Hall–Kier alpha value is -1.44. The van der Waals surface area contributed by atoms with E-state index in [1.165, 1.54) is 0 Å². The minimum absolute atomic E-state index is 0.389. The smallest absolute Gasteiger partial charge is 0.276 e.